The number of amides is 1. The van der Waals surface area contributed by atoms with Crippen molar-refractivity contribution in [1.82, 2.24) is 4.98 Å². The molecule has 1 amide bonds. The first-order valence-corrected chi connectivity index (χ1v) is 7.60. The van der Waals surface area contributed by atoms with E-state index in [1.54, 1.807) is 0 Å². The van der Waals surface area contributed by atoms with Crippen molar-refractivity contribution < 1.29 is 4.79 Å². The van der Waals surface area contributed by atoms with E-state index in [9.17, 15) is 4.79 Å². The van der Waals surface area contributed by atoms with Crippen LogP contribution in [0.3, 0.4) is 0 Å². The maximum Gasteiger partial charge on any atom is 0.229 e. The lowest BCUT2D eigenvalue weighted by Gasteiger charge is -2.02. The molecule has 3 atom stereocenters. The summed E-state index contributed by atoms with van der Waals surface area (Å²) in [6.45, 7) is 1.88. The summed E-state index contributed by atoms with van der Waals surface area (Å²) in [6.07, 6.45) is 0.918. The van der Waals surface area contributed by atoms with Crippen LogP contribution >= 0.6 is 11.3 Å². The Kier molecular flexibility index (Phi) is 3.54. The fourth-order valence-corrected chi connectivity index (χ4v) is 3.12. The van der Waals surface area contributed by atoms with E-state index in [2.05, 4.69) is 22.4 Å². The van der Waals surface area contributed by atoms with Gasteiger partial charge in [0.15, 0.2) is 5.13 Å². The summed E-state index contributed by atoms with van der Waals surface area (Å²) in [5.41, 5.74) is 7.82. The molecule has 0 spiro atoms. The van der Waals surface area contributed by atoms with Gasteiger partial charge in [-0.1, -0.05) is 30.3 Å². The molecule has 3 N–H and O–H groups in total. The number of thiazole rings is 1. The minimum atomic E-state index is -0.102. The topological polar surface area (TPSA) is 68.0 Å². The average Bonchev–Trinajstić information content (AvgIpc) is 3.12. The second-order valence-corrected chi connectivity index (χ2v) is 6.07. The Morgan fingerprint density at radius 2 is 2.20 bits per heavy atom. The Bertz CT molecular complexity index is 609. The highest BCUT2D eigenvalue weighted by atomic mass is 32.1. The van der Waals surface area contributed by atoms with Gasteiger partial charge < -0.3 is 11.1 Å². The number of rotatable bonds is 4. The zero-order chi connectivity index (χ0) is 14.1. The quantitative estimate of drug-likeness (QED) is 0.908. The molecule has 1 aliphatic rings. The number of benzene rings is 1. The van der Waals surface area contributed by atoms with Crippen molar-refractivity contribution in [2.24, 2.45) is 11.7 Å². The molecule has 5 heteroatoms. The van der Waals surface area contributed by atoms with E-state index in [0.717, 1.165) is 12.1 Å². The zero-order valence-electron chi connectivity index (χ0n) is 11.2. The van der Waals surface area contributed by atoms with Crippen molar-refractivity contribution in [3.05, 3.63) is 47.0 Å². The van der Waals surface area contributed by atoms with E-state index < -0.39 is 0 Å². The predicted molar refractivity (Wildman–Crippen MR) is 80.6 cm³/mol. The van der Waals surface area contributed by atoms with Gasteiger partial charge in [0.25, 0.3) is 0 Å². The van der Waals surface area contributed by atoms with E-state index in [-0.39, 0.29) is 17.9 Å². The van der Waals surface area contributed by atoms with Crippen LogP contribution < -0.4 is 11.1 Å². The monoisotopic (exact) mass is 287 g/mol. The summed E-state index contributed by atoms with van der Waals surface area (Å²) in [5.74, 6) is 0.480. The van der Waals surface area contributed by atoms with Crippen LogP contribution in [0.5, 0.6) is 0 Å². The first kappa shape index (κ1) is 13.3. The third-order valence-corrected chi connectivity index (χ3v) is 4.35. The number of nitrogens with one attached hydrogen (secondary N) is 1. The van der Waals surface area contributed by atoms with E-state index in [1.165, 1.54) is 16.9 Å². The third kappa shape index (κ3) is 2.73. The van der Waals surface area contributed by atoms with Crippen molar-refractivity contribution in [3.63, 3.8) is 0 Å². The minimum absolute atomic E-state index is 0.0597. The molecular formula is C15H17N3OS. The molecule has 1 aromatic carbocycles. The van der Waals surface area contributed by atoms with Gasteiger partial charge in [-0.05, 0) is 24.8 Å². The van der Waals surface area contributed by atoms with Gasteiger partial charge >= 0.3 is 0 Å². The van der Waals surface area contributed by atoms with Crippen molar-refractivity contribution in [3.8, 4) is 0 Å². The smallest absolute Gasteiger partial charge is 0.229 e. The maximum atomic E-state index is 12.2. The fourth-order valence-electron chi connectivity index (χ4n) is 2.30. The summed E-state index contributed by atoms with van der Waals surface area (Å²) in [5, 5.41) is 5.42. The molecule has 1 fully saturated rings. The third-order valence-electron chi connectivity index (χ3n) is 3.57. The van der Waals surface area contributed by atoms with E-state index in [1.807, 2.05) is 30.5 Å². The fraction of sp³-hybridized carbons (Fsp3) is 0.333. The molecule has 2 aromatic rings. The number of nitrogens with zero attached hydrogens (tertiary/aromatic N) is 1. The minimum Gasteiger partial charge on any atom is -0.323 e. The van der Waals surface area contributed by atoms with Crippen molar-refractivity contribution >= 4 is 22.4 Å². The Morgan fingerprint density at radius 1 is 1.45 bits per heavy atom. The lowest BCUT2D eigenvalue weighted by Crippen LogP contribution is -2.14. The lowest BCUT2D eigenvalue weighted by atomic mass is 10.1. The number of hydrogen-bond donors (Lipinski definition) is 2. The van der Waals surface area contributed by atoms with E-state index >= 15 is 0 Å². The lowest BCUT2D eigenvalue weighted by molar-refractivity contribution is -0.117. The van der Waals surface area contributed by atoms with Crippen LogP contribution in [-0.2, 0) is 4.79 Å². The van der Waals surface area contributed by atoms with Gasteiger partial charge in [0.05, 0.1) is 5.69 Å². The zero-order valence-corrected chi connectivity index (χ0v) is 12.1. The Balaban J connectivity index is 1.61. The van der Waals surface area contributed by atoms with Crippen LogP contribution in [0.25, 0.3) is 0 Å². The van der Waals surface area contributed by atoms with Gasteiger partial charge in [0.1, 0.15) is 0 Å². The standard InChI is InChI=1S/C15H17N3OS/c1-9(16)13-8-20-15(17-13)18-14(19)12-7-11(12)10-5-3-2-4-6-10/h2-6,8-9,11-12H,7,16H2,1H3,(H,17,18,19). The molecule has 1 aromatic heterocycles. The number of nitrogens with two attached hydrogens (primary N) is 1. The second-order valence-electron chi connectivity index (χ2n) is 5.21. The summed E-state index contributed by atoms with van der Waals surface area (Å²) in [7, 11) is 0. The summed E-state index contributed by atoms with van der Waals surface area (Å²) in [6, 6.07) is 10.1. The first-order valence-electron chi connectivity index (χ1n) is 6.72. The number of carbonyl (C=O) groups is 1. The van der Waals surface area contributed by atoms with Gasteiger partial charge in [0, 0.05) is 17.3 Å². The van der Waals surface area contributed by atoms with Gasteiger partial charge in [-0.25, -0.2) is 4.98 Å². The highest BCUT2D eigenvalue weighted by Gasteiger charge is 2.44. The molecule has 3 unspecified atom stereocenters. The number of aromatic nitrogens is 1. The number of anilines is 1. The Morgan fingerprint density at radius 3 is 2.85 bits per heavy atom. The van der Waals surface area contributed by atoms with Crippen molar-refractivity contribution in [2.75, 3.05) is 5.32 Å². The van der Waals surface area contributed by atoms with Gasteiger partial charge in [-0.3, -0.25) is 4.79 Å². The Labute approximate surface area is 122 Å². The summed E-state index contributed by atoms with van der Waals surface area (Å²) in [4.78, 5) is 16.5. The highest BCUT2D eigenvalue weighted by Crippen LogP contribution is 2.47. The summed E-state index contributed by atoms with van der Waals surface area (Å²) < 4.78 is 0. The largest absolute Gasteiger partial charge is 0.323 e. The predicted octanol–water partition coefficient (Wildman–Crippen LogP) is 2.91. The van der Waals surface area contributed by atoms with Crippen LogP contribution in [0.2, 0.25) is 0 Å². The normalized spacial score (nSPS) is 22.3. The molecule has 3 rings (SSSR count). The van der Waals surface area contributed by atoms with Crippen molar-refractivity contribution in [1.29, 1.82) is 0 Å². The van der Waals surface area contributed by atoms with E-state index in [0.29, 0.717) is 11.0 Å². The van der Waals surface area contributed by atoms with Crippen LogP contribution in [0.4, 0.5) is 5.13 Å². The van der Waals surface area contributed by atoms with Crippen LogP contribution in [0.1, 0.15) is 36.6 Å². The van der Waals surface area contributed by atoms with Crippen molar-refractivity contribution in [2.45, 2.75) is 25.3 Å². The number of hydrogen-bond acceptors (Lipinski definition) is 4. The molecule has 1 heterocycles. The molecule has 104 valence electrons. The van der Waals surface area contributed by atoms with Gasteiger partial charge in [0.2, 0.25) is 5.91 Å². The molecule has 0 bridgehead atoms. The first-order chi connectivity index (χ1) is 9.65. The molecule has 0 radical (unpaired) electrons. The molecule has 0 aliphatic heterocycles. The average molecular weight is 287 g/mol. The van der Waals surface area contributed by atoms with Gasteiger partial charge in [-0.2, -0.15) is 0 Å². The molecule has 1 aliphatic carbocycles. The number of carbonyl (C=O) groups excluding carboxylic acids is 1. The molecule has 20 heavy (non-hydrogen) atoms. The molecule has 0 saturated heterocycles. The Hall–Kier alpha value is -1.72. The summed E-state index contributed by atoms with van der Waals surface area (Å²) >= 11 is 1.43. The van der Waals surface area contributed by atoms with E-state index in [4.69, 9.17) is 5.73 Å². The van der Waals surface area contributed by atoms with Crippen LogP contribution in [-0.4, -0.2) is 10.9 Å². The maximum absolute atomic E-state index is 12.2. The van der Waals surface area contributed by atoms with Gasteiger partial charge in [-0.15, -0.1) is 11.3 Å². The highest BCUT2D eigenvalue weighted by molar-refractivity contribution is 7.13. The van der Waals surface area contributed by atoms with Crippen LogP contribution in [0.15, 0.2) is 35.7 Å². The van der Waals surface area contributed by atoms with Crippen LogP contribution in [0, 0.1) is 5.92 Å². The second kappa shape index (κ2) is 5.34. The SMILES string of the molecule is CC(N)c1csc(NC(=O)C2CC2c2ccccc2)n1. The molecular weight excluding hydrogens is 270 g/mol. The molecule has 1 saturated carbocycles. The molecule has 4 nitrogen and oxygen atoms in total.